The zero-order valence-corrected chi connectivity index (χ0v) is 10.5. The molecule has 1 N–H and O–H groups in total. The Hall–Kier alpha value is -1.22. The number of benzene rings is 2. The summed E-state index contributed by atoms with van der Waals surface area (Å²) in [5, 5.41) is 12.2. The van der Waals surface area contributed by atoms with Gasteiger partial charge in [0, 0.05) is 10.0 Å². The van der Waals surface area contributed by atoms with Crippen LogP contribution in [0.4, 0.5) is 5.69 Å². The molecular formula is C13H11Cl2NO. The van der Waals surface area contributed by atoms with Crippen LogP contribution in [0.15, 0.2) is 48.5 Å². The molecule has 0 amide bonds. The lowest BCUT2D eigenvalue weighted by molar-refractivity contribution is 0.250. The average molecular weight is 268 g/mol. The van der Waals surface area contributed by atoms with Gasteiger partial charge in [0.15, 0.2) is 0 Å². The Balaban J connectivity index is 2.16. The molecule has 2 aromatic carbocycles. The number of nitrogens with zero attached hydrogens (tertiary/aromatic N) is 1. The van der Waals surface area contributed by atoms with E-state index in [1.807, 2.05) is 30.3 Å². The van der Waals surface area contributed by atoms with Crippen molar-refractivity contribution in [2.45, 2.75) is 6.54 Å². The summed E-state index contributed by atoms with van der Waals surface area (Å²) in [6.45, 7) is 0.338. The Morgan fingerprint density at radius 3 is 2.12 bits per heavy atom. The molecule has 0 atom stereocenters. The highest BCUT2D eigenvalue weighted by atomic mass is 35.5. The molecule has 0 aliphatic carbocycles. The first kappa shape index (κ1) is 12.2. The minimum absolute atomic E-state index is 0.338. The normalized spacial score (nSPS) is 10.3. The second kappa shape index (κ2) is 5.41. The van der Waals surface area contributed by atoms with Gasteiger partial charge in [0.2, 0.25) is 0 Å². The Bertz CT molecular complexity index is 482. The van der Waals surface area contributed by atoms with Crippen LogP contribution in [0.2, 0.25) is 10.0 Å². The number of halogens is 2. The minimum Gasteiger partial charge on any atom is -0.288 e. The molecule has 0 saturated heterocycles. The summed E-state index contributed by atoms with van der Waals surface area (Å²) in [4.78, 5) is 0. The number of hydrogen-bond acceptors (Lipinski definition) is 2. The second-order valence-corrected chi connectivity index (χ2v) is 4.54. The lowest BCUT2D eigenvalue weighted by atomic mass is 10.2. The van der Waals surface area contributed by atoms with Crippen LogP contribution >= 0.6 is 23.2 Å². The van der Waals surface area contributed by atoms with E-state index < -0.39 is 0 Å². The lowest BCUT2D eigenvalue weighted by Crippen LogP contribution is -2.17. The van der Waals surface area contributed by atoms with E-state index in [9.17, 15) is 5.21 Å². The van der Waals surface area contributed by atoms with Gasteiger partial charge >= 0.3 is 0 Å². The molecule has 0 fully saturated rings. The van der Waals surface area contributed by atoms with Crippen molar-refractivity contribution in [1.82, 2.24) is 0 Å². The molecular weight excluding hydrogens is 257 g/mol. The molecule has 88 valence electrons. The van der Waals surface area contributed by atoms with Crippen molar-refractivity contribution in [3.05, 3.63) is 64.1 Å². The first-order chi connectivity index (χ1) is 8.15. The third-order valence-corrected chi connectivity index (χ3v) is 2.75. The number of hydrogen-bond donors (Lipinski definition) is 1. The van der Waals surface area contributed by atoms with Crippen molar-refractivity contribution in [3.63, 3.8) is 0 Å². The summed E-state index contributed by atoms with van der Waals surface area (Å²) >= 11 is 11.8. The fourth-order valence-electron chi connectivity index (χ4n) is 1.57. The highest BCUT2D eigenvalue weighted by Crippen LogP contribution is 2.21. The van der Waals surface area contributed by atoms with Crippen molar-refractivity contribution in [1.29, 1.82) is 0 Å². The summed E-state index contributed by atoms with van der Waals surface area (Å²) in [5.74, 6) is 0. The molecule has 2 aromatic rings. The molecule has 0 spiro atoms. The molecule has 17 heavy (non-hydrogen) atoms. The van der Waals surface area contributed by atoms with Crippen LogP contribution in [-0.2, 0) is 6.54 Å². The summed E-state index contributed by atoms with van der Waals surface area (Å²) in [6.07, 6.45) is 0. The molecule has 0 unspecified atom stereocenters. The molecule has 2 rings (SSSR count). The Morgan fingerprint density at radius 1 is 0.941 bits per heavy atom. The van der Waals surface area contributed by atoms with Crippen molar-refractivity contribution in [2.24, 2.45) is 0 Å². The van der Waals surface area contributed by atoms with Crippen molar-refractivity contribution >= 4 is 28.9 Å². The molecule has 0 saturated carbocycles. The maximum Gasteiger partial charge on any atom is 0.0704 e. The van der Waals surface area contributed by atoms with Gasteiger partial charge in [-0.05, 0) is 35.9 Å². The molecule has 0 aliphatic rings. The smallest absolute Gasteiger partial charge is 0.0704 e. The average Bonchev–Trinajstić information content (AvgIpc) is 2.28. The highest BCUT2D eigenvalue weighted by molar-refractivity contribution is 6.34. The van der Waals surface area contributed by atoms with E-state index in [0.717, 1.165) is 16.3 Å². The van der Waals surface area contributed by atoms with E-state index in [1.54, 1.807) is 18.2 Å². The summed E-state index contributed by atoms with van der Waals surface area (Å²) in [5.41, 5.74) is 1.58. The Labute approximate surface area is 110 Å². The van der Waals surface area contributed by atoms with Crippen LogP contribution in [0.5, 0.6) is 0 Å². The van der Waals surface area contributed by atoms with Gasteiger partial charge in [-0.2, -0.15) is 0 Å². The quantitative estimate of drug-likeness (QED) is 0.834. The van der Waals surface area contributed by atoms with E-state index in [0.29, 0.717) is 16.6 Å². The van der Waals surface area contributed by atoms with E-state index in [-0.39, 0.29) is 0 Å². The van der Waals surface area contributed by atoms with Gasteiger partial charge in [-0.15, -0.1) is 0 Å². The first-order valence-electron chi connectivity index (χ1n) is 5.11. The summed E-state index contributed by atoms with van der Waals surface area (Å²) in [6, 6.07) is 14.5. The predicted molar refractivity (Wildman–Crippen MR) is 70.9 cm³/mol. The maximum atomic E-state index is 9.90. The summed E-state index contributed by atoms with van der Waals surface area (Å²) in [7, 11) is 0. The third kappa shape index (κ3) is 3.37. The van der Waals surface area contributed by atoms with Crippen LogP contribution in [0.1, 0.15) is 5.56 Å². The fourth-order valence-corrected chi connectivity index (χ4v) is 2.14. The molecule has 0 aliphatic heterocycles. The fraction of sp³-hybridized carbons (Fsp3) is 0.0769. The topological polar surface area (TPSA) is 23.5 Å². The lowest BCUT2D eigenvalue weighted by Gasteiger charge is -2.17. The van der Waals surface area contributed by atoms with Crippen LogP contribution in [0, 0.1) is 0 Å². The second-order valence-electron chi connectivity index (χ2n) is 3.67. The Kier molecular flexibility index (Phi) is 3.89. The van der Waals surface area contributed by atoms with E-state index in [1.165, 1.54) is 0 Å². The first-order valence-corrected chi connectivity index (χ1v) is 5.87. The zero-order valence-electron chi connectivity index (χ0n) is 8.98. The van der Waals surface area contributed by atoms with Crippen LogP contribution in [-0.4, -0.2) is 5.21 Å². The van der Waals surface area contributed by atoms with E-state index in [4.69, 9.17) is 23.2 Å². The maximum absolute atomic E-state index is 9.90. The largest absolute Gasteiger partial charge is 0.288 e. The number of anilines is 1. The van der Waals surface area contributed by atoms with Gasteiger partial charge in [-0.3, -0.25) is 10.3 Å². The van der Waals surface area contributed by atoms with Crippen LogP contribution in [0.3, 0.4) is 0 Å². The third-order valence-electron chi connectivity index (χ3n) is 2.31. The van der Waals surface area contributed by atoms with Gasteiger partial charge in [0.1, 0.15) is 0 Å². The van der Waals surface area contributed by atoms with Gasteiger partial charge in [0.05, 0.1) is 12.2 Å². The Morgan fingerprint density at radius 2 is 1.53 bits per heavy atom. The molecule has 0 aromatic heterocycles. The highest BCUT2D eigenvalue weighted by Gasteiger charge is 2.05. The molecule has 4 heteroatoms. The number of rotatable bonds is 3. The van der Waals surface area contributed by atoms with Gasteiger partial charge in [-0.1, -0.05) is 41.4 Å². The molecule has 0 heterocycles. The number of para-hydroxylation sites is 1. The van der Waals surface area contributed by atoms with E-state index >= 15 is 0 Å². The van der Waals surface area contributed by atoms with E-state index in [2.05, 4.69) is 0 Å². The SMILES string of the molecule is ON(Cc1cc(Cl)cc(Cl)c1)c1ccccc1. The zero-order chi connectivity index (χ0) is 12.3. The predicted octanol–water partition coefficient (Wildman–Crippen LogP) is 4.39. The van der Waals surface area contributed by atoms with Gasteiger partial charge in [-0.25, -0.2) is 0 Å². The van der Waals surface area contributed by atoms with Gasteiger partial charge < -0.3 is 0 Å². The summed E-state index contributed by atoms with van der Waals surface area (Å²) < 4.78 is 0. The molecule has 2 nitrogen and oxygen atoms in total. The molecule has 0 bridgehead atoms. The van der Waals surface area contributed by atoms with Crippen molar-refractivity contribution in [2.75, 3.05) is 5.06 Å². The van der Waals surface area contributed by atoms with Crippen LogP contribution < -0.4 is 5.06 Å². The molecule has 0 radical (unpaired) electrons. The van der Waals surface area contributed by atoms with Crippen LogP contribution in [0.25, 0.3) is 0 Å². The van der Waals surface area contributed by atoms with Crippen molar-refractivity contribution < 1.29 is 5.21 Å². The standard InChI is InChI=1S/C13H11Cl2NO/c14-11-6-10(7-12(15)8-11)9-16(17)13-4-2-1-3-5-13/h1-8,17H,9H2. The van der Waals surface area contributed by atoms with Gasteiger partial charge in [0.25, 0.3) is 0 Å². The number of hydroxylamine groups is 1. The minimum atomic E-state index is 0.338. The monoisotopic (exact) mass is 267 g/mol. The van der Waals surface area contributed by atoms with Crippen molar-refractivity contribution in [3.8, 4) is 0 Å².